The van der Waals surface area contributed by atoms with E-state index in [0.717, 1.165) is 24.1 Å². The maximum Gasteiger partial charge on any atom is 0.229 e. The number of carboxylic acid groups (broad SMARTS) is 1. The number of hydrogen-bond donors (Lipinski definition) is 1. The van der Waals surface area contributed by atoms with E-state index in [0.29, 0.717) is 18.0 Å². The van der Waals surface area contributed by atoms with Gasteiger partial charge in [-0.3, -0.25) is 4.79 Å². The number of hydrogen-bond acceptors (Lipinski definition) is 5. The van der Waals surface area contributed by atoms with Gasteiger partial charge in [-0.05, 0) is 19.8 Å². The highest BCUT2D eigenvalue weighted by atomic mass is 32.1. The van der Waals surface area contributed by atoms with Gasteiger partial charge in [0.2, 0.25) is 5.91 Å². The van der Waals surface area contributed by atoms with Gasteiger partial charge in [0.05, 0.1) is 5.69 Å². The van der Waals surface area contributed by atoms with E-state index in [4.69, 9.17) is 0 Å². The summed E-state index contributed by atoms with van der Waals surface area (Å²) in [6.45, 7) is 2.02. The lowest BCUT2D eigenvalue weighted by Gasteiger charge is -2.30. The summed E-state index contributed by atoms with van der Waals surface area (Å²) in [6, 6.07) is 8.01. The average molecular weight is 343 g/mol. The van der Waals surface area contributed by atoms with E-state index in [-0.39, 0.29) is 5.91 Å². The molecule has 1 aromatic carbocycles. The van der Waals surface area contributed by atoms with Gasteiger partial charge in [0.1, 0.15) is 0 Å². The number of aryl methyl sites for hydroxylation is 1. The molecule has 1 aromatic heterocycles. The molecule has 1 aliphatic carbocycles. The summed E-state index contributed by atoms with van der Waals surface area (Å²) in [6.07, 6.45) is 2.79. The van der Waals surface area contributed by atoms with Gasteiger partial charge in [-0.1, -0.05) is 42.7 Å². The first-order valence-electron chi connectivity index (χ1n) is 8.09. The Morgan fingerprint density at radius 2 is 1.83 bits per heavy atom. The molecular formula is C18H19N2O3S-. The summed E-state index contributed by atoms with van der Waals surface area (Å²) in [5.74, 6) is -2.63. The van der Waals surface area contributed by atoms with Crippen LogP contribution in [0.25, 0.3) is 11.3 Å². The van der Waals surface area contributed by atoms with Gasteiger partial charge >= 0.3 is 0 Å². The van der Waals surface area contributed by atoms with Gasteiger partial charge in [-0.15, -0.1) is 11.3 Å². The average Bonchev–Trinajstić information content (AvgIpc) is 3.04. The van der Waals surface area contributed by atoms with Crippen LogP contribution >= 0.6 is 11.3 Å². The smallest absolute Gasteiger partial charge is 0.229 e. The first kappa shape index (κ1) is 16.6. The molecule has 6 heteroatoms. The topological polar surface area (TPSA) is 82.1 Å². The van der Waals surface area contributed by atoms with Crippen molar-refractivity contribution in [2.24, 2.45) is 11.8 Å². The largest absolute Gasteiger partial charge is 0.550 e. The fraction of sp³-hybridized carbons (Fsp3) is 0.389. The number of amides is 1. The molecule has 2 atom stereocenters. The summed E-state index contributed by atoms with van der Waals surface area (Å²) in [4.78, 5) is 28.1. The fourth-order valence-corrected chi connectivity index (χ4v) is 3.84. The lowest BCUT2D eigenvalue weighted by atomic mass is 9.79. The van der Waals surface area contributed by atoms with Crippen molar-refractivity contribution >= 4 is 28.3 Å². The quantitative estimate of drug-likeness (QED) is 0.925. The maximum absolute atomic E-state index is 12.4. The summed E-state index contributed by atoms with van der Waals surface area (Å²) in [7, 11) is 0. The van der Waals surface area contributed by atoms with Crippen LogP contribution in [-0.4, -0.2) is 16.9 Å². The van der Waals surface area contributed by atoms with Gasteiger partial charge in [-0.25, -0.2) is 4.98 Å². The molecule has 24 heavy (non-hydrogen) atoms. The fourth-order valence-electron chi connectivity index (χ4n) is 3.11. The highest BCUT2D eigenvalue weighted by Crippen LogP contribution is 2.32. The van der Waals surface area contributed by atoms with Crippen molar-refractivity contribution < 1.29 is 14.7 Å². The Kier molecular flexibility index (Phi) is 4.94. The number of anilines is 1. The third kappa shape index (κ3) is 3.64. The Hall–Kier alpha value is -2.21. The molecule has 1 fully saturated rings. The molecule has 1 aliphatic rings. The Labute approximate surface area is 144 Å². The molecule has 126 valence electrons. The van der Waals surface area contributed by atoms with Gasteiger partial charge in [0, 0.05) is 28.7 Å². The summed E-state index contributed by atoms with van der Waals surface area (Å²) >= 11 is 1.34. The second kappa shape index (κ2) is 7.13. The minimum absolute atomic E-state index is 0.270. The number of benzene rings is 1. The van der Waals surface area contributed by atoms with Gasteiger partial charge < -0.3 is 15.2 Å². The lowest BCUT2D eigenvalue weighted by Crippen LogP contribution is -2.42. The standard InChI is InChI=1S/C18H20N2O3S/c1-11-6-8-12(9-7-11)15-10-24-18(19-15)20-16(21)13-4-2-3-5-14(13)17(22)23/h6-10,13-14H,2-5H2,1H3,(H,22,23)(H,19,20,21)/p-1/t13-,14+/m0/s1. The van der Waals surface area contributed by atoms with Crippen molar-refractivity contribution in [3.05, 3.63) is 35.2 Å². The molecule has 1 amide bonds. The molecule has 0 bridgehead atoms. The second-order valence-corrected chi connectivity index (χ2v) is 7.07. The van der Waals surface area contributed by atoms with E-state index in [2.05, 4.69) is 10.3 Å². The van der Waals surface area contributed by atoms with Gasteiger partial charge in [0.25, 0.3) is 0 Å². The molecular weight excluding hydrogens is 324 g/mol. The van der Waals surface area contributed by atoms with Crippen LogP contribution in [0.15, 0.2) is 29.6 Å². The number of carbonyl (C=O) groups is 2. The van der Waals surface area contributed by atoms with Crippen molar-refractivity contribution in [3.63, 3.8) is 0 Å². The van der Waals surface area contributed by atoms with Crippen LogP contribution in [0.4, 0.5) is 5.13 Å². The van der Waals surface area contributed by atoms with Crippen molar-refractivity contribution in [1.29, 1.82) is 0 Å². The summed E-state index contributed by atoms with van der Waals surface area (Å²) < 4.78 is 0. The first-order chi connectivity index (χ1) is 11.5. The SMILES string of the molecule is Cc1ccc(-c2csc(NC(=O)[C@H]3CCCC[C@H]3C(=O)[O-])n2)cc1. The third-order valence-corrected chi connectivity index (χ3v) is 5.24. The van der Waals surface area contributed by atoms with Crippen LogP contribution in [0, 0.1) is 18.8 Å². The summed E-state index contributed by atoms with van der Waals surface area (Å²) in [5.41, 5.74) is 2.96. The normalized spacial score (nSPS) is 20.5. The molecule has 0 radical (unpaired) electrons. The number of aliphatic carboxylic acids is 1. The molecule has 3 rings (SSSR count). The molecule has 1 N–H and O–H groups in total. The van der Waals surface area contributed by atoms with Gasteiger partial charge in [0.15, 0.2) is 5.13 Å². The van der Waals surface area contributed by atoms with Crippen LogP contribution in [0.3, 0.4) is 0 Å². The first-order valence-corrected chi connectivity index (χ1v) is 8.97. The number of thiazole rings is 1. The molecule has 2 aromatic rings. The predicted molar refractivity (Wildman–Crippen MR) is 91.4 cm³/mol. The molecule has 1 heterocycles. The monoisotopic (exact) mass is 343 g/mol. The molecule has 0 spiro atoms. The van der Waals surface area contributed by atoms with E-state index >= 15 is 0 Å². The van der Waals surface area contributed by atoms with E-state index in [9.17, 15) is 14.7 Å². The number of rotatable bonds is 4. The molecule has 1 saturated carbocycles. The maximum atomic E-state index is 12.4. The Morgan fingerprint density at radius 1 is 1.17 bits per heavy atom. The Bertz CT molecular complexity index is 739. The van der Waals surface area contributed by atoms with Crippen LogP contribution in [0.2, 0.25) is 0 Å². The second-order valence-electron chi connectivity index (χ2n) is 6.21. The molecule has 0 unspecified atom stereocenters. The minimum Gasteiger partial charge on any atom is -0.550 e. The predicted octanol–water partition coefficient (Wildman–Crippen LogP) is 2.61. The highest BCUT2D eigenvalue weighted by Gasteiger charge is 2.32. The zero-order valence-corrected chi connectivity index (χ0v) is 14.3. The number of aromatic nitrogens is 1. The Balaban J connectivity index is 1.70. The van der Waals surface area contributed by atoms with E-state index in [1.807, 2.05) is 36.6 Å². The van der Waals surface area contributed by atoms with Crippen LogP contribution < -0.4 is 10.4 Å². The van der Waals surface area contributed by atoms with E-state index in [1.54, 1.807) is 0 Å². The molecule has 0 saturated heterocycles. The Morgan fingerprint density at radius 3 is 2.50 bits per heavy atom. The third-order valence-electron chi connectivity index (χ3n) is 4.49. The van der Waals surface area contributed by atoms with Crippen LogP contribution in [0.1, 0.15) is 31.2 Å². The van der Waals surface area contributed by atoms with Crippen LogP contribution in [-0.2, 0) is 9.59 Å². The van der Waals surface area contributed by atoms with Crippen molar-refractivity contribution in [3.8, 4) is 11.3 Å². The van der Waals surface area contributed by atoms with Crippen molar-refractivity contribution in [2.45, 2.75) is 32.6 Å². The molecule has 5 nitrogen and oxygen atoms in total. The van der Waals surface area contributed by atoms with Crippen molar-refractivity contribution in [1.82, 2.24) is 4.98 Å². The lowest BCUT2D eigenvalue weighted by molar-refractivity contribution is -0.313. The summed E-state index contributed by atoms with van der Waals surface area (Å²) in [5, 5.41) is 16.4. The highest BCUT2D eigenvalue weighted by molar-refractivity contribution is 7.14. The zero-order valence-electron chi connectivity index (χ0n) is 13.5. The molecule has 0 aliphatic heterocycles. The number of nitrogens with zero attached hydrogens (tertiary/aromatic N) is 1. The van der Waals surface area contributed by atoms with Gasteiger partial charge in [-0.2, -0.15) is 0 Å². The minimum atomic E-state index is -1.13. The van der Waals surface area contributed by atoms with E-state index in [1.165, 1.54) is 16.9 Å². The van der Waals surface area contributed by atoms with Crippen LogP contribution in [0.5, 0.6) is 0 Å². The zero-order chi connectivity index (χ0) is 17.1. The number of carbonyl (C=O) groups excluding carboxylic acids is 2. The van der Waals surface area contributed by atoms with Crippen molar-refractivity contribution in [2.75, 3.05) is 5.32 Å². The number of carboxylic acids is 1. The van der Waals surface area contributed by atoms with E-state index < -0.39 is 17.8 Å². The number of nitrogens with one attached hydrogen (secondary N) is 1.